The summed E-state index contributed by atoms with van der Waals surface area (Å²) in [7, 11) is 1.54. The van der Waals surface area contributed by atoms with Gasteiger partial charge in [-0.25, -0.2) is 0 Å². The van der Waals surface area contributed by atoms with Crippen LogP contribution < -0.4 is 19.5 Å². The molecule has 1 N–H and O–H groups in total. The van der Waals surface area contributed by atoms with Gasteiger partial charge in [0.25, 0.3) is 5.91 Å². The molecule has 1 heterocycles. The van der Waals surface area contributed by atoms with E-state index < -0.39 is 0 Å². The lowest BCUT2D eigenvalue weighted by atomic mass is 10.1. The van der Waals surface area contributed by atoms with E-state index in [0.29, 0.717) is 36.8 Å². The summed E-state index contributed by atoms with van der Waals surface area (Å²) < 4.78 is 22.1. The van der Waals surface area contributed by atoms with Crippen LogP contribution in [0, 0.1) is 0 Å². The fourth-order valence-corrected chi connectivity index (χ4v) is 3.03. The molecular weight excluding hydrogens is 370 g/mol. The third-order valence-corrected chi connectivity index (χ3v) is 4.62. The van der Waals surface area contributed by atoms with Gasteiger partial charge < -0.3 is 24.3 Å². The zero-order chi connectivity index (χ0) is 20.5. The first-order valence-electron chi connectivity index (χ1n) is 9.73. The van der Waals surface area contributed by atoms with Gasteiger partial charge in [0.1, 0.15) is 19.0 Å². The van der Waals surface area contributed by atoms with E-state index in [1.165, 1.54) is 0 Å². The van der Waals surface area contributed by atoms with Gasteiger partial charge in [0, 0.05) is 18.7 Å². The van der Waals surface area contributed by atoms with E-state index in [9.17, 15) is 4.79 Å². The largest absolute Gasteiger partial charge is 0.493 e. The summed E-state index contributed by atoms with van der Waals surface area (Å²) in [4.78, 5) is 12.5. The molecule has 0 bridgehead atoms. The highest BCUT2D eigenvalue weighted by molar-refractivity contribution is 5.94. The summed E-state index contributed by atoms with van der Waals surface area (Å²) in [5.74, 6) is 1.70. The number of methoxy groups -OCH3 is 1. The van der Waals surface area contributed by atoms with Crippen LogP contribution in [0.1, 0.15) is 28.8 Å². The van der Waals surface area contributed by atoms with Crippen molar-refractivity contribution in [1.82, 2.24) is 5.32 Å². The Labute approximate surface area is 171 Å². The molecule has 1 aliphatic heterocycles. The Balaban J connectivity index is 1.51. The summed E-state index contributed by atoms with van der Waals surface area (Å²) in [6.45, 7) is 5.81. The molecule has 0 aliphatic carbocycles. The van der Waals surface area contributed by atoms with E-state index >= 15 is 0 Å². The molecule has 2 aromatic rings. The van der Waals surface area contributed by atoms with E-state index in [-0.39, 0.29) is 12.0 Å². The van der Waals surface area contributed by atoms with Gasteiger partial charge in [-0.2, -0.15) is 0 Å². The molecular formula is C23H27NO5. The zero-order valence-corrected chi connectivity index (χ0v) is 16.7. The van der Waals surface area contributed by atoms with Crippen molar-refractivity contribution in [3.8, 4) is 17.2 Å². The molecule has 2 aromatic carbocycles. The molecule has 154 valence electrons. The quantitative estimate of drug-likeness (QED) is 0.619. The van der Waals surface area contributed by atoms with Gasteiger partial charge in [0.2, 0.25) is 0 Å². The molecule has 0 saturated carbocycles. The normalized spacial score (nSPS) is 15.6. The standard InChI is InChI=1S/C23H27NO5/c1-3-12-28-21-11-8-18(14-22(21)26-2)23(25)24-15-17-6-9-19(10-7-17)29-16-20-5-4-13-27-20/h3,6-11,14,20H,1,4-5,12-13,15-16H2,2H3,(H,24,25). The molecule has 29 heavy (non-hydrogen) atoms. The van der Waals surface area contributed by atoms with Crippen molar-refractivity contribution in [1.29, 1.82) is 0 Å². The molecule has 6 heteroatoms. The molecule has 1 saturated heterocycles. The molecule has 3 rings (SSSR count). The summed E-state index contributed by atoms with van der Waals surface area (Å²) in [5.41, 5.74) is 1.49. The van der Waals surface area contributed by atoms with Crippen molar-refractivity contribution in [3.63, 3.8) is 0 Å². The van der Waals surface area contributed by atoms with Crippen LogP contribution in [0.5, 0.6) is 17.2 Å². The second kappa shape index (κ2) is 10.5. The van der Waals surface area contributed by atoms with E-state index in [2.05, 4.69) is 11.9 Å². The first-order chi connectivity index (χ1) is 14.2. The molecule has 1 fully saturated rings. The van der Waals surface area contributed by atoms with Crippen LogP contribution in [0.15, 0.2) is 55.1 Å². The second-order valence-corrected chi connectivity index (χ2v) is 6.74. The fraction of sp³-hybridized carbons (Fsp3) is 0.348. The van der Waals surface area contributed by atoms with Gasteiger partial charge in [-0.15, -0.1) is 0 Å². The molecule has 1 unspecified atom stereocenters. The Bertz CT molecular complexity index is 813. The Hall–Kier alpha value is -2.99. The molecule has 6 nitrogen and oxygen atoms in total. The number of ether oxygens (including phenoxy) is 4. The number of hydrogen-bond donors (Lipinski definition) is 1. The monoisotopic (exact) mass is 397 g/mol. The summed E-state index contributed by atoms with van der Waals surface area (Å²) >= 11 is 0. The van der Waals surface area contributed by atoms with E-state index in [1.54, 1.807) is 31.4 Å². The van der Waals surface area contributed by atoms with Crippen molar-refractivity contribution < 1.29 is 23.7 Å². The number of amides is 1. The van der Waals surface area contributed by atoms with E-state index in [0.717, 1.165) is 30.8 Å². The van der Waals surface area contributed by atoms with Gasteiger partial charge in [0.15, 0.2) is 11.5 Å². The lowest BCUT2D eigenvalue weighted by Gasteiger charge is -2.12. The number of hydrogen-bond acceptors (Lipinski definition) is 5. The van der Waals surface area contributed by atoms with Crippen LogP contribution in [-0.2, 0) is 11.3 Å². The van der Waals surface area contributed by atoms with Crippen LogP contribution in [0.3, 0.4) is 0 Å². The van der Waals surface area contributed by atoms with Crippen molar-refractivity contribution in [2.75, 3.05) is 26.9 Å². The van der Waals surface area contributed by atoms with Crippen LogP contribution in [0.2, 0.25) is 0 Å². The third-order valence-electron chi connectivity index (χ3n) is 4.62. The highest BCUT2D eigenvalue weighted by atomic mass is 16.5. The minimum atomic E-state index is -0.183. The van der Waals surface area contributed by atoms with Crippen LogP contribution in [0.4, 0.5) is 0 Å². The highest BCUT2D eigenvalue weighted by Crippen LogP contribution is 2.28. The van der Waals surface area contributed by atoms with Gasteiger partial charge in [-0.05, 0) is 48.7 Å². The zero-order valence-electron chi connectivity index (χ0n) is 16.7. The van der Waals surface area contributed by atoms with Gasteiger partial charge in [0.05, 0.1) is 13.2 Å². The number of rotatable bonds is 10. The Kier molecular flexibility index (Phi) is 7.53. The Morgan fingerprint density at radius 3 is 2.72 bits per heavy atom. The maximum Gasteiger partial charge on any atom is 0.251 e. The summed E-state index contributed by atoms with van der Waals surface area (Å²) in [6, 6.07) is 12.8. The average molecular weight is 397 g/mol. The van der Waals surface area contributed by atoms with Crippen LogP contribution in [-0.4, -0.2) is 38.9 Å². The average Bonchev–Trinajstić information content (AvgIpc) is 3.29. The van der Waals surface area contributed by atoms with E-state index in [4.69, 9.17) is 18.9 Å². The van der Waals surface area contributed by atoms with Crippen molar-refractivity contribution in [2.45, 2.75) is 25.5 Å². The summed E-state index contributed by atoms with van der Waals surface area (Å²) in [6.07, 6.45) is 4.00. The second-order valence-electron chi connectivity index (χ2n) is 6.74. The van der Waals surface area contributed by atoms with Crippen LogP contribution >= 0.6 is 0 Å². The summed E-state index contributed by atoms with van der Waals surface area (Å²) in [5, 5.41) is 2.91. The molecule has 1 amide bonds. The number of benzene rings is 2. The highest BCUT2D eigenvalue weighted by Gasteiger charge is 2.16. The maximum atomic E-state index is 12.5. The molecule has 0 spiro atoms. The molecule has 0 aromatic heterocycles. The van der Waals surface area contributed by atoms with Gasteiger partial charge in [-0.3, -0.25) is 4.79 Å². The van der Waals surface area contributed by atoms with E-state index in [1.807, 2.05) is 24.3 Å². The lowest BCUT2D eigenvalue weighted by molar-refractivity contribution is 0.0679. The SMILES string of the molecule is C=CCOc1ccc(C(=O)NCc2ccc(OCC3CCCO3)cc2)cc1OC. The smallest absolute Gasteiger partial charge is 0.251 e. The maximum absolute atomic E-state index is 12.5. The molecule has 1 aliphatic rings. The predicted molar refractivity (Wildman–Crippen MR) is 111 cm³/mol. The van der Waals surface area contributed by atoms with Crippen molar-refractivity contribution in [3.05, 3.63) is 66.2 Å². The number of nitrogens with one attached hydrogen (secondary N) is 1. The van der Waals surface area contributed by atoms with Gasteiger partial charge >= 0.3 is 0 Å². The first kappa shape index (κ1) is 20.7. The Morgan fingerprint density at radius 1 is 1.21 bits per heavy atom. The van der Waals surface area contributed by atoms with Crippen molar-refractivity contribution in [2.24, 2.45) is 0 Å². The first-order valence-corrected chi connectivity index (χ1v) is 9.73. The van der Waals surface area contributed by atoms with Gasteiger partial charge in [-0.1, -0.05) is 24.8 Å². The van der Waals surface area contributed by atoms with Crippen molar-refractivity contribution >= 4 is 5.91 Å². The molecule has 1 atom stereocenters. The minimum absolute atomic E-state index is 0.183. The lowest BCUT2D eigenvalue weighted by Crippen LogP contribution is -2.22. The number of carbonyl (C=O) groups is 1. The Morgan fingerprint density at radius 2 is 2.03 bits per heavy atom. The predicted octanol–water partition coefficient (Wildman–Crippen LogP) is 3.75. The third kappa shape index (κ3) is 5.99. The topological polar surface area (TPSA) is 66.0 Å². The number of carbonyl (C=O) groups excluding carboxylic acids is 1. The van der Waals surface area contributed by atoms with Crippen LogP contribution in [0.25, 0.3) is 0 Å². The molecule has 0 radical (unpaired) electrons. The minimum Gasteiger partial charge on any atom is -0.493 e. The fourth-order valence-electron chi connectivity index (χ4n) is 3.03.